The summed E-state index contributed by atoms with van der Waals surface area (Å²) in [6.45, 7) is 4.61. The number of pyridine rings is 1. The van der Waals surface area contributed by atoms with E-state index in [0.717, 1.165) is 29.8 Å². The Kier molecular flexibility index (Phi) is 5.68. The molecule has 0 amide bonds. The van der Waals surface area contributed by atoms with E-state index in [9.17, 15) is 4.39 Å². The van der Waals surface area contributed by atoms with Gasteiger partial charge in [0.1, 0.15) is 11.6 Å². The zero-order valence-corrected chi connectivity index (χ0v) is 14.7. The summed E-state index contributed by atoms with van der Waals surface area (Å²) in [7, 11) is 0. The van der Waals surface area contributed by atoms with Crippen LogP contribution in [0.3, 0.4) is 0 Å². The predicted molar refractivity (Wildman–Crippen MR) is 96.6 cm³/mol. The first kappa shape index (κ1) is 17.7. The summed E-state index contributed by atoms with van der Waals surface area (Å²) >= 11 is 0. The number of nitrogens with zero attached hydrogens (tertiary/aromatic N) is 4. The van der Waals surface area contributed by atoms with Gasteiger partial charge >= 0.3 is 0 Å². The van der Waals surface area contributed by atoms with Crippen molar-refractivity contribution < 1.29 is 9.13 Å². The van der Waals surface area contributed by atoms with Gasteiger partial charge in [-0.2, -0.15) is 5.10 Å². The van der Waals surface area contributed by atoms with Crippen LogP contribution in [-0.4, -0.2) is 20.2 Å². The zero-order valence-electron chi connectivity index (χ0n) is 14.7. The number of anilines is 1. The van der Waals surface area contributed by atoms with Gasteiger partial charge in [-0.1, -0.05) is 26.0 Å². The molecule has 1 N–H and O–H groups in total. The Morgan fingerprint density at radius 1 is 1.04 bits per heavy atom. The Morgan fingerprint density at radius 2 is 1.88 bits per heavy atom. The Hall–Kier alpha value is -3.09. The summed E-state index contributed by atoms with van der Waals surface area (Å²) in [5.74, 6) is 0.959. The fraction of sp³-hybridized carbons (Fsp3) is 0.263. The molecule has 3 aromatic rings. The second-order valence-electron chi connectivity index (χ2n) is 5.65. The number of aromatic nitrogens is 4. The highest BCUT2D eigenvalue weighted by molar-refractivity contribution is 5.31. The van der Waals surface area contributed by atoms with Crippen molar-refractivity contribution in [2.24, 2.45) is 0 Å². The summed E-state index contributed by atoms with van der Waals surface area (Å²) in [5.41, 5.74) is 2.83. The molecule has 6 nitrogen and oxygen atoms in total. The monoisotopic (exact) mass is 353 g/mol. The first-order chi connectivity index (χ1) is 12.7. The molecule has 134 valence electrons. The number of hydrogen-bond acceptors (Lipinski definition) is 6. The van der Waals surface area contributed by atoms with Crippen molar-refractivity contribution in [3.05, 3.63) is 65.4 Å². The molecule has 2 heterocycles. The van der Waals surface area contributed by atoms with E-state index in [-0.39, 0.29) is 5.82 Å². The van der Waals surface area contributed by atoms with Crippen LogP contribution >= 0.6 is 0 Å². The first-order valence-electron chi connectivity index (χ1n) is 8.52. The van der Waals surface area contributed by atoms with Crippen molar-refractivity contribution in [3.63, 3.8) is 0 Å². The van der Waals surface area contributed by atoms with Crippen LogP contribution < -0.4 is 10.1 Å². The number of benzene rings is 1. The van der Waals surface area contributed by atoms with Gasteiger partial charge in [0.2, 0.25) is 11.8 Å². The minimum atomic E-state index is -0.350. The van der Waals surface area contributed by atoms with Crippen LogP contribution in [0.4, 0.5) is 10.3 Å². The number of rotatable bonds is 7. The van der Waals surface area contributed by atoms with Gasteiger partial charge in [-0.15, -0.1) is 5.10 Å². The summed E-state index contributed by atoms with van der Waals surface area (Å²) in [6, 6.07) is 9.55. The van der Waals surface area contributed by atoms with Crippen molar-refractivity contribution in [1.29, 1.82) is 0 Å². The maximum absolute atomic E-state index is 13.2. The molecule has 7 heteroatoms. The van der Waals surface area contributed by atoms with Crippen molar-refractivity contribution in [2.45, 2.75) is 33.2 Å². The highest BCUT2D eigenvalue weighted by Crippen LogP contribution is 2.20. The van der Waals surface area contributed by atoms with Crippen molar-refractivity contribution in [1.82, 2.24) is 20.2 Å². The third-order valence-corrected chi connectivity index (χ3v) is 3.78. The van der Waals surface area contributed by atoms with E-state index in [4.69, 9.17) is 4.74 Å². The third-order valence-electron chi connectivity index (χ3n) is 3.78. The largest absolute Gasteiger partial charge is 0.439 e. The number of nitrogens with one attached hydrogen (secondary N) is 1. The van der Waals surface area contributed by atoms with Crippen LogP contribution in [0.25, 0.3) is 0 Å². The van der Waals surface area contributed by atoms with Crippen LogP contribution in [0.2, 0.25) is 0 Å². The highest BCUT2D eigenvalue weighted by atomic mass is 19.1. The molecule has 0 bridgehead atoms. The molecule has 0 saturated carbocycles. The van der Waals surface area contributed by atoms with Gasteiger partial charge in [-0.05, 0) is 30.5 Å². The van der Waals surface area contributed by atoms with Gasteiger partial charge < -0.3 is 10.1 Å². The Bertz CT molecular complexity index is 870. The number of ether oxygens (including phenoxy) is 1. The average molecular weight is 353 g/mol. The van der Waals surface area contributed by atoms with E-state index >= 15 is 0 Å². The average Bonchev–Trinajstić information content (AvgIpc) is 2.67. The number of aryl methyl sites for hydroxylation is 2. The van der Waals surface area contributed by atoms with E-state index in [1.54, 1.807) is 24.4 Å². The van der Waals surface area contributed by atoms with Crippen LogP contribution in [0.1, 0.15) is 30.8 Å². The van der Waals surface area contributed by atoms with Crippen LogP contribution in [0.15, 0.2) is 42.6 Å². The topological polar surface area (TPSA) is 72.8 Å². The quantitative estimate of drug-likeness (QED) is 0.694. The Morgan fingerprint density at radius 3 is 2.58 bits per heavy atom. The molecule has 0 aliphatic heterocycles. The molecule has 0 atom stereocenters. The Balaban J connectivity index is 1.61. The molecular weight excluding hydrogens is 333 g/mol. The van der Waals surface area contributed by atoms with Crippen LogP contribution in [-0.2, 0) is 19.4 Å². The maximum Gasteiger partial charge on any atom is 0.243 e. The smallest absolute Gasteiger partial charge is 0.243 e. The lowest BCUT2D eigenvalue weighted by molar-refractivity contribution is 0.458. The normalized spacial score (nSPS) is 10.6. The molecule has 3 rings (SSSR count). The molecule has 0 saturated heterocycles. The SMILES string of the molecule is CCc1nnc(NCc2ccc(Oc3cccc(F)c3)nc2)nc1CC. The van der Waals surface area contributed by atoms with Crippen LogP contribution in [0, 0.1) is 5.82 Å². The molecule has 2 aromatic heterocycles. The molecule has 0 unspecified atom stereocenters. The summed E-state index contributed by atoms with van der Waals surface area (Å²) in [4.78, 5) is 8.73. The molecule has 0 aliphatic rings. The van der Waals surface area contributed by atoms with E-state index in [2.05, 4.69) is 25.5 Å². The molecule has 0 fully saturated rings. The minimum Gasteiger partial charge on any atom is -0.439 e. The van der Waals surface area contributed by atoms with Gasteiger partial charge in [0.25, 0.3) is 0 Å². The summed E-state index contributed by atoms with van der Waals surface area (Å²) in [6.07, 6.45) is 3.33. The standard InChI is InChI=1S/C19H20FN5O/c1-3-16-17(4-2)24-25-19(23-16)22-12-13-8-9-18(21-11-13)26-15-7-5-6-14(20)10-15/h5-11H,3-4,12H2,1-2H3,(H,22,23,25). The molecule has 0 aliphatic carbocycles. The maximum atomic E-state index is 13.2. The van der Waals surface area contributed by atoms with E-state index in [0.29, 0.717) is 24.1 Å². The fourth-order valence-electron chi connectivity index (χ4n) is 2.42. The molecule has 0 radical (unpaired) electrons. The lowest BCUT2D eigenvalue weighted by Gasteiger charge is -2.08. The summed E-state index contributed by atoms with van der Waals surface area (Å²) < 4.78 is 18.7. The van der Waals surface area contributed by atoms with Crippen molar-refractivity contribution in [2.75, 3.05) is 5.32 Å². The van der Waals surface area contributed by atoms with Crippen LogP contribution in [0.5, 0.6) is 11.6 Å². The first-order valence-corrected chi connectivity index (χ1v) is 8.52. The van der Waals surface area contributed by atoms with E-state index in [1.165, 1.54) is 12.1 Å². The highest BCUT2D eigenvalue weighted by Gasteiger charge is 2.06. The zero-order chi connectivity index (χ0) is 18.4. The van der Waals surface area contributed by atoms with E-state index in [1.807, 2.05) is 19.9 Å². The predicted octanol–water partition coefficient (Wildman–Crippen LogP) is 3.93. The van der Waals surface area contributed by atoms with Gasteiger partial charge in [0.05, 0.1) is 11.4 Å². The van der Waals surface area contributed by atoms with Gasteiger partial charge in [0, 0.05) is 24.9 Å². The van der Waals surface area contributed by atoms with Gasteiger partial charge in [0.15, 0.2) is 0 Å². The second-order valence-corrected chi connectivity index (χ2v) is 5.65. The lowest BCUT2D eigenvalue weighted by atomic mass is 10.2. The molecular formula is C19H20FN5O. The van der Waals surface area contributed by atoms with Crippen molar-refractivity contribution in [3.8, 4) is 11.6 Å². The molecule has 0 spiro atoms. The number of halogens is 1. The molecule has 1 aromatic carbocycles. The van der Waals surface area contributed by atoms with Gasteiger partial charge in [-0.25, -0.2) is 14.4 Å². The van der Waals surface area contributed by atoms with E-state index < -0.39 is 0 Å². The Labute approximate surface area is 151 Å². The molecule has 26 heavy (non-hydrogen) atoms. The van der Waals surface area contributed by atoms with Crippen molar-refractivity contribution >= 4 is 5.95 Å². The van der Waals surface area contributed by atoms with Gasteiger partial charge in [-0.3, -0.25) is 0 Å². The lowest BCUT2D eigenvalue weighted by Crippen LogP contribution is -2.09. The minimum absolute atomic E-state index is 0.350. The number of hydrogen-bond donors (Lipinski definition) is 1. The summed E-state index contributed by atoms with van der Waals surface area (Å²) in [5, 5.41) is 11.5. The second kappa shape index (κ2) is 8.33. The fourth-order valence-corrected chi connectivity index (χ4v) is 2.42. The third kappa shape index (κ3) is 4.50.